The van der Waals surface area contributed by atoms with E-state index in [1.54, 1.807) is 7.11 Å². The second-order valence-corrected chi connectivity index (χ2v) is 7.58. The summed E-state index contributed by atoms with van der Waals surface area (Å²) in [5.74, 6) is 1.72. The lowest BCUT2D eigenvalue weighted by Crippen LogP contribution is -2.48. The van der Waals surface area contributed by atoms with Gasteiger partial charge in [-0.05, 0) is 42.5 Å². The zero-order chi connectivity index (χ0) is 20.2. The van der Waals surface area contributed by atoms with Crippen molar-refractivity contribution >= 4 is 5.69 Å². The number of rotatable bonds is 6. The smallest absolute Gasteiger partial charge is 0.173 e. The van der Waals surface area contributed by atoms with Crippen molar-refractivity contribution in [1.29, 1.82) is 0 Å². The Hall–Kier alpha value is -2.93. The Morgan fingerprint density at radius 1 is 0.897 bits per heavy atom. The molecule has 7 nitrogen and oxygen atoms in total. The van der Waals surface area contributed by atoms with Crippen molar-refractivity contribution in [3.63, 3.8) is 0 Å². The molecule has 0 radical (unpaired) electrons. The third-order valence-corrected chi connectivity index (χ3v) is 5.49. The van der Waals surface area contributed by atoms with E-state index in [1.807, 2.05) is 16.8 Å². The first-order valence-corrected chi connectivity index (χ1v) is 10.1. The summed E-state index contributed by atoms with van der Waals surface area (Å²) in [5, 5.41) is 12.7. The van der Waals surface area contributed by atoms with E-state index >= 15 is 0 Å². The lowest BCUT2D eigenvalue weighted by atomic mass is 10.0. The summed E-state index contributed by atoms with van der Waals surface area (Å²) in [6, 6.07) is 18.9. The number of hydrogen-bond donors (Lipinski definition) is 0. The highest BCUT2D eigenvalue weighted by Gasteiger charge is 2.32. The maximum atomic E-state index is 5.69. The summed E-state index contributed by atoms with van der Waals surface area (Å²) in [6.07, 6.45) is 0. The lowest BCUT2D eigenvalue weighted by molar-refractivity contribution is 0.195. The maximum Gasteiger partial charge on any atom is 0.173 e. The molecule has 1 atom stereocenters. The first kappa shape index (κ1) is 19.4. The molecule has 1 aliphatic rings. The molecule has 4 rings (SSSR count). The van der Waals surface area contributed by atoms with Crippen molar-refractivity contribution in [1.82, 2.24) is 25.1 Å². The molecule has 0 spiro atoms. The minimum Gasteiger partial charge on any atom is -0.496 e. The monoisotopic (exact) mass is 392 g/mol. The summed E-state index contributed by atoms with van der Waals surface area (Å²) >= 11 is 0. The predicted octanol–water partition coefficient (Wildman–Crippen LogP) is 3.17. The van der Waals surface area contributed by atoms with Crippen molar-refractivity contribution in [3.05, 3.63) is 66.0 Å². The predicted molar refractivity (Wildman–Crippen MR) is 113 cm³/mol. The fourth-order valence-corrected chi connectivity index (χ4v) is 4.02. The van der Waals surface area contributed by atoms with Gasteiger partial charge in [-0.15, -0.1) is 5.10 Å². The molecule has 0 saturated carbocycles. The molecule has 0 amide bonds. The van der Waals surface area contributed by atoms with Crippen LogP contribution in [0.2, 0.25) is 0 Å². The van der Waals surface area contributed by atoms with Gasteiger partial charge >= 0.3 is 0 Å². The molecule has 2 heterocycles. The SMILES string of the molecule is COc1ccccc1C(c1nnnn1C(C)C)N1CCN(c2ccccc2)CC1. The van der Waals surface area contributed by atoms with Crippen LogP contribution in [-0.4, -0.2) is 58.4 Å². The van der Waals surface area contributed by atoms with Crippen LogP contribution in [0.25, 0.3) is 0 Å². The normalized spacial score (nSPS) is 16.2. The fraction of sp³-hybridized carbons (Fsp3) is 0.409. The molecule has 0 aliphatic carbocycles. The number of hydrogen-bond acceptors (Lipinski definition) is 6. The molecule has 1 aliphatic heterocycles. The number of piperazine rings is 1. The Bertz CT molecular complexity index is 918. The number of nitrogens with zero attached hydrogens (tertiary/aromatic N) is 6. The second kappa shape index (κ2) is 8.61. The Kier molecular flexibility index (Phi) is 5.76. The quantitative estimate of drug-likeness (QED) is 0.642. The Morgan fingerprint density at radius 3 is 2.28 bits per heavy atom. The third kappa shape index (κ3) is 3.96. The second-order valence-electron chi connectivity index (χ2n) is 7.58. The lowest BCUT2D eigenvalue weighted by Gasteiger charge is -2.40. The van der Waals surface area contributed by atoms with Crippen molar-refractivity contribution < 1.29 is 4.74 Å². The number of benzene rings is 2. The van der Waals surface area contributed by atoms with Gasteiger partial charge in [0.05, 0.1) is 13.2 Å². The molecule has 2 aromatic carbocycles. The molecule has 0 N–H and O–H groups in total. The average Bonchev–Trinajstić information content (AvgIpc) is 3.25. The van der Waals surface area contributed by atoms with Gasteiger partial charge in [0.1, 0.15) is 11.8 Å². The van der Waals surface area contributed by atoms with E-state index in [-0.39, 0.29) is 12.1 Å². The Labute approximate surface area is 171 Å². The summed E-state index contributed by atoms with van der Waals surface area (Å²) in [7, 11) is 1.72. The molecule has 1 fully saturated rings. The van der Waals surface area contributed by atoms with Crippen LogP contribution in [0.15, 0.2) is 54.6 Å². The Balaban J connectivity index is 1.66. The molecule has 1 aromatic heterocycles. The third-order valence-electron chi connectivity index (χ3n) is 5.49. The average molecular weight is 393 g/mol. The summed E-state index contributed by atoms with van der Waals surface area (Å²) in [5.41, 5.74) is 2.37. The summed E-state index contributed by atoms with van der Waals surface area (Å²) in [6.45, 7) is 7.96. The molecule has 3 aromatic rings. The number of anilines is 1. The number of tetrazole rings is 1. The summed E-state index contributed by atoms with van der Waals surface area (Å²) in [4.78, 5) is 4.89. The van der Waals surface area contributed by atoms with E-state index in [2.05, 4.69) is 81.6 Å². The number of methoxy groups -OCH3 is 1. The molecular weight excluding hydrogens is 364 g/mol. The van der Waals surface area contributed by atoms with Crippen molar-refractivity contribution in [2.24, 2.45) is 0 Å². The van der Waals surface area contributed by atoms with Crippen LogP contribution in [0.5, 0.6) is 5.75 Å². The van der Waals surface area contributed by atoms with Crippen LogP contribution in [0.1, 0.15) is 37.3 Å². The van der Waals surface area contributed by atoms with Crippen LogP contribution >= 0.6 is 0 Å². The first-order chi connectivity index (χ1) is 14.2. The number of ether oxygens (including phenoxy) is 1. The van der Waals surface area contributed by atoms with Gasteiger partial charge < -0.3 is 9.64 Å². The van der Waals surface area contributed by atoms with Crippen molar-refractivity contribution in [3.8, 4) is 5.75 Å². The van der Waals surface area contributed by atoms with E-state index in [0.717, 1.165) is 43.3 Å². The van der Waals surface area contributed by atoms with E-state index in [9.17, 15) is 0 Å². The highest BCUT2D eigenvalue weighted by Crippen LogP contribution is 2.35. The minimum absolute atomic E-state index is 0.0542. The van der Waals surface area contributed by atoms with Crippen molar-refractivity contribution in [2.75, 3.05) is 38.2 Å². The van der Waals surface area contributed by atoms with Crippen LogP contribution in [-0.2, 0) is 0 Å². The van der Waals surface area contributed by atoms with E-state index in [0.29, 0.717) is 0 Å². The fourth-order valence-electron chi connectivity index (χ4n) is 4.02. The van der Waals surface area contributed by atoms with E-state index in [4.69, 9.17) is 4.74 Å². The zero-order valence-corrected chi connectivity index (χ0v) is 17.3. The molecule has 0 bridgehead atoms. The topological polar surface area (TPSA) is 59.3 Å². The number of para-hydroxylation sites is 2. The molecule has 1 unspecified atom stereocenters. The van der Waals surface area contributed by atoms with Gasteiger partial charge in [0.25, 0.3) is 0 Å². The van der Waals surface area contributed by atoms with Crippen LogP contribution in [0.3, 0.4) is 0 Å². The highest BCUT2D eigenvalue weighted by atomic mass is 16.5. The van der Waals surface area contributed by atoms with Crippen molar-refractivity contribution in [2.45, 2.75) is 25.9 Å². The van der Waals surface area contributed by atoms with E-state index < -0.39 is 0 Å². The molecule has 1 saturated heterocycles. The molecular formula is C22H28N6O. The van der Waals surface area contributed by atoms with Gasteiger partial charge in [0, 0.05) is 37.4 Å². The number of aromatic nitrogens is 4. The van der Waals surface area contributed by atoms with Gasteiger partial charge in [0.15, 0.2) is 5.82 Å². The van der Waals surface area contributed by atoms with Gasteiger partial charge in [-0.25, -0.2) is 4.68 Å². The van der Waals surface area contributed by atoms with Gasteiger partial charge in [-0.1, -0.05) is 36.4 Å². The van der Waals surface area contributed by atoms with E-state index in [1.165, 1.54) is 5.69 Å². The molecule has 152 valence electrons. The maximum absolute atomic E-state index is 5.69. The largest absolute Gasteiger partial charge is 0.496 e. The van der Waals surface area contributed by atoms with Gasteiger partial charge in [0.2, 0.25) is 0 Å². The van der Waals surface area contributed by atoms with Crippen LogP contribution in [0.4, 0.5) is 5.69 Å². The zero-order valence-electron chi connectivity index (χ0n) is 17.3. The standard InChI is InChI=1S/C22H28N6O/c1-17(2)28-22(23-24-25-28)21(19-11-7-8-12-20(19)29-3)27-15-13-26(14-16-27)18-9-5-4-6-10-18/h4-12,17,21H,13-16H2,1-3H3. The summed E-state index contributed by atoms with van der Waals surface area (Å²) < 4.78 is 7.61. The minimum atomic E-state index is -0.0542. The van der Waals surface area contributed by atoms with Crippen LogP contribution < -0.4 is 9.64 Å². The molecule has 29 heavy (non-hydrogen) atoms. The highest BCUT2D eigenvalue weighted by molar-refractivity contribution is 5.46. The first-order valence-electron chi connectivity index (χ1n) is 10.1. The molecule has 7 heteroatoms. The van der Waals surface area contributed by atoms with Gasteiger partial charge in [-0.2, -0.15) is 0 Å². The van der Waals surface area contributed by atoms with Gasteiger partial charge in [-0.3, -0.25) is 4.90 Å². The Morgan fingerprint density at radius 2 is 1.59 bits per heavy atom. The van der Waals surface area contributed by atoms with Crippen LogP contribution in [0, 0.1) is 0 Å².